The van der Waals surface area contributed by atoms with Crippen molar-refractivity contribution in [1.29, 1.82) is 0 Å². The van der Waals surface area contributed by atoms with Gasteiger partial charge >= 0.3 is 0 Å². The number of halogens is 1. The second-order valence-corrected chi connectivity index (χ2v) is 7.22. The number of aliphatic imine (C=N–C) groups is 1. The molecule has 0 aliphatic heterocycles. The summed E-state index contributed by atoms with van der Waals surface area (Å²) in [7, 11) is 2.05. The third kappa shape index (κ3) is 7.08. The summed E-state index contributed by atoms with van der Waals surface area (Å²) in [5.41, 5.74) is 1.08. The van der Waals surface area contributed by atoms with Crippen molar-refractivity contribution in [2.24, 2.45) is 4.99 Å². The van der Waals surface area contributed by atoms with Gasteiger partial charge in [-0.1, -0.05) is 13.8 Å². The number of nitrogens with zero attached hydrogens (tertiary/aromatic N) is 4. The maximum Gasteiger partial charge on any atom is 0.194 e. The second-order valence-electron chi connectivity index (χ2n) is 6.16. The molecule has 0 saturated heterocycles. The van der Waals surface area contributed by atoms with Crippen LogP contribution in [-0.2, 0) is 6.54 Å². The summed E-state index contributed by atoms with van der Waals surface area (Å²) in [6, 6.07) is 4.12. The van der Waals surface area contributed by atoms with Gasteiger partial charge in [0, 0.05) is 19.0 Å². The van der Waals surface area contributed by atoms with E-state index in [1.807, 2.05) is 19.1 Å². The second kappa shape index (κ2) is 12.4. The third-order valence-corrected chi connectivity index (χ3v) is 5.12. The molecule has 1 atom stereocenters. The van der Waals surface area contributed by atoms with E-state index in [0.29, 0.717) is 6.54 Å². The minimum absolute atomic E-state index is 0. The Morgan fingerprint density at radius 3 is 2.59 bits per heavy atom. The molecule has 8 heteroatoms. The predicted molar refractivity (Wildman–Crippen MR) is 124 cm³/mol. The Bertz CT molecular complexity index is 669. The fourth-order valence-electron chi connectivity index (χ4n) is 2.97. The topological polar surface area (TPSA) is 56.9 Å². The number of aromatic nitrogens is 1. The monoisotopic (exact) mass is 505 g/mol. The quantitative estimate of drug-likeness (QED) is 0.316. The molecule has 2 aromatic rings. The lowest BCUT2D eigenvalue weighted by molar-refractivity contribution is 0.198. The average Bonchev–Trinajstić information content (AvgIpc) is 3.29. The Kier molecular flexibility index (Phi) is 10.9. The first kappa shape index (κ1) is 23.9. The normalized spacial score (nSPS) is 12.7. The summed E-state index contributed by atoms with van der Waals surface area (Å²) >= 11 is 1.68. The van der Waals surface area contributed by atoms with E-state index in [1.165, 1.54) is 0 Å². The highest BCUT2D eigenvalue weighted by Gasteiger charge is 2.21. The maximum absolute atomic E-state index is 5.68. The minimum Gasteiger partial charge on any atom is -0.468 e. The number of furan rings is 1. The van der Waals surface area contributed by atoms with Crippen LogP contribution < -0.4 is 5.32 Å². The van der Waals surface area contributed by atoms with Crippen molar-refractivity contribution in [3.05, 3.63) is 40.2 Å². The summed E-state index contributed by atoms with van der Waals surface area (Å²) in [6.45, 7) is 12.6. The molecule has 0 aliphatic carbocycles. The van der Waals surface area contributed by atoms with Gasteiger partial charge in [0.05, 0.1) is 36.1 Å². The molecule has 0 aromatic carbocycles. The maximum atomic E-state index is 5.68. The van der Waals surface area contributed by atoms with E-state index >= 15 is 0 Å². The van der Waals surface area contributed by atoms with Gasteiger partial charge in [-0.3, -0.25) is 9.89 Å². The summed E-state index contributed by atoms with van der Waals surface area (Å²) in [4.78, 5) is 13.9. The molecule has 0 spiro atoms. The summed E-state index contributed by atoms with van der Waals surface area (Å²) in [5, 5.41) is 6.59. The molecule has 2 rings (SSSR count). The lowest BCUT2D eigenvalue weighted by Gasteiger charge is -2.28. The van der Waals surface area contributed by atoms with Crippen LogP contribution in [0, 0.1) is 6.92 Å². The van der Waals surface area contributed by atoms with E-state index in [4.69, 9.17) is 9.41 Å². The van der Waals surface area contributed by atoms with E-state index in [2.05, 4.69) is 53.3 Å². The van der Waals surface area contributed by atoms with Crippen LogP contribution in [0.1, 0.15) is 43.3 Å². The molecule has 0 bridgehead atoms. The van der Waals surface area contributed by atoms with Gasteiger partial charge in [-0.15, -0.1) is 35.3 Å². The van der Waals surface area contributed by atoms with E-state index in [0.717, 1.165) is 48.6 Å². The summed E-state index contributed by atoms with van der Waals surface area (Å²) in [5.74, 6) is 1.85. The number of thiazole rings is 1. The highest BCUT2D eigenvalue weighted by atomic mass is 127. The van der Waals surface area contributed by atoms with Gasteiger partial charge in [0.25, 0.3) is 0 Å². The van der Waals surface area contributed by atoms with Gasteiger partial charge in [-0.25, -0.2) is 4.98 Å². The molecule has 0 saturated carbocycles. The van der Waals surface area contributed by atoms with E-state index in [1.54, 1.807) is 17.6 Å². The van der Waals surface area contributed by atoms with Gasteiger partial charge in [0.2, 0.25) is 0 Å². The molecule has 0 aliphatic rings. The van der Waals surface area contributed by atoms with Crippen LogP contribution >= 0.6 is 35.3 Å². The summed E-state index contributed by atoms with van der Waals surface area (Å²) < 4.78 is 5.68. The first-order chi connectivity index (χ1) is 12.6. The number of hydrogen-bond acceptors (Lipinski definition) is 5. The molecule has 1 unspecified atom stereocenters. The smallest absolute Gasteiger partial charge is 0.194 e. The van der Waals surface area contributed by atoms with Crippen LogP contribution in [0.3, 0.4) is 0 Å². The number of likely N-dealkylation sites (N-methyl/N-ethyl adjacent to an activating group) is 1. The van der Waals surface area contributed by atoms with Gasteiger partial charge in [-0.2, -0.15) is 0 Å². The Morgan fingerprint density at radius 1 is 1.33 bits per heavy atom. The highest BCUT2D eigenvalue weighted by molar-refractivity contribution is 14.0. The molecule has 0 radical (unpaired) electrons. The van der Waals surface area contributed by atoms with Gasteiger partial charge in [0.1, 0.15) is 5.76 Å². The van der Waals surface area contributed by atoms with Crippen LogP contribution in [0.15, 0.2) is 33.2 Å². The third-order valence-electron chi connectivity index (χ3n) is 4.30. The van der Waals surface area contributed by atoms with Crippen LogP contribution in [0.4, 0.5) is 0 Å². The van der Waals surface area contributed by atoms with Crippen LogP contribution in [-0.4, -0.2) is 54.0 Å². The predicted octanol–water partition coefficient (Wildman–Crippen LogP) is 4.14. The lowest BCUT2D eigenvalue weighted by atomic mass is 10.2. The SMILES string of the molecule is CCNC(=NCC(c1ccco1)N(CC)CC)N(C)Cc1csc(C)n1.I. The van der Waals surface area contributed by atoms with Crippen LogP contribution in [0.2, 0.25) is 0 Å². The Labute approximate surface area is 184 Å². The van der Waals surface area contributed by atoms with Gasteiger partial charge in [0.15, 0.2) is 5.96 Å². The number of aryl methyl sites for hydroxylation is 1. The Balaban J connectivity index is 0.00000364. The molecule has 0 amide bonds. The largest absolute Gasteiger partial charge is 0.468 e. The molecule has 0 fully saturated rings. The van der Waals surface area contributed by atoms with Crippen molar-refractivity contribution in [2.45, 2.75) is 40.3 Å². The Hall–Kier alpha value is -1.13. The van der Waals surface area contributed by atoms with E-state index < -0.39 is 0 Å². The number of rotatable bonds is 9. The fraction of sp³-hybridized carbons (Fsp3) is 0.579. The number of nitrogens with one attached hydrogen (secondary N) is 1. The molecule has 2 heterocycles. The summed E-state index contributed by atoms with van der Waals surface area (Å²) in [6.07, 6.45) is 1.73. The zero-order valence-corrected chi connectivity index (χ0v) is 20.1. The van der Waals surface area contributed by atoms with Crippen molar-refractivity contribution in [1.82, 2.24) is 20.1 Å². The highest BCUT2D eigenvalue weighted by Crippen LogP contribution is 2.21. The minimum atomic E-state index is 0. The molecule has 6 nitrogen and oxygen atoms in total. The molecule has 1 N–H and O–H groups in total. The lowest BCUT2D eigenvalue weighted by Crippen LogP contribution is -2.39. The van der Waals surface area contributed by atoms with Crippen molar-refractivity contribution >= 4 is 41.3 Å². The zero-order valence-electron chi connectivity index (χ0n) is 16.9. The number of guanidine groups is 1. The van der Waals surface area contributed by atoms with Crippen LogP contribution in [0.25, 0.3) is 0 Å². The Morgan fingerprint density at radius 2 is 2.07 bits per heavy atom. The standard InChI is InChI=1S/C19H31N5OS.HI/c1-6-20-19(23(5)13-16-14-26-15(4)22-16)21-12-17(24(7-2)8-3)18-10-9-11-25-18;/h9-11,14,17H,6-8,12-13H2,1-5H3,(H,20,21);1H. The average molecular weight is 505 g/mol. The van der Waals surface area contributed by atoms with E-state index in [-0.39, 0.29) is 30.0 Å². The first-order valence-electron chi connectivity index (χ1n) is 9.26. The molecular weight excluding hydrogens is 473 g/mol. The van der Waals surface area contributed by atoms with Crippen molar-refractivity contribution < 1.29 is 4.42 Å². The zero-order chi connectivity index (χ0) is 18.9. The molecular formula is C19H32IN5OS. The van der Waals surface area contributed by atoms with Crippen molar-refractivity contribution in [3.63, 3.8) is 0 Å². The number of hydrogen-bond donors (Lipinski definition) is 1. The fourth-order valence-corrected chi connectivity index (χ4v) is 3.58. The van der Waals surface area contributed by atoms with Crippen molar-refractivity contribution in [3.8, 4) is 0 Å². The van der Waals surface area contributed by atoms with Gasteiger partial charge in [-0.05, 0) is 39.1 Å². The van der Waals surface area contributed by atoms with Crippen molar-refractivity contribution in [2.75, 3.05) is 33.2 Å². The molecule has 152 valence electrons. The van der Waals surface area contributed by atoms with Gasteiger partial charge < -0.3 is 14.6 Å². The molecule has 2 aromatic heterocycles. The first-order valence-corrected chi connectivity index (χ1v) is 10.1. The van der Waals surface area contributed by atoms with E-state index in [9.17, 15) is 0 Å². The molecule has 27 heavy (non-hydrogen) atoms. The van der Waals surface area contributed by atoms with Crippen LogP contribution in [0.5, 0.6) is 0 Å².